The summed E-state index contributed by atoms with van der Waals surface area (Å²) < 4.78 is 27.1. The van der Waals surface area contributed by atoms with E-state index in [9.17, 15) is 13.6 Å². The van der Waals surface area contributed by atoms with Gasteiger partial charge in [0.05, 0.1) is 17.6 Å². The predicted molar refractivity (Wildman–Crippen MR) is 87.5 cm³/mol. The third kappa shape index (κ3) is 3.17. The van der Waals surface area contributed by atoms with Gasteiger partial charge < -0.3 is 10.4 Å². The van der Waals surface area contributed by atoms with Crippen molar-refractivity contribution in [2.24, 2.45) is 0 Å². The molecule has 0 amide bonds. The van der Waals surface area contributed by atoms with E-state index in [1.165, 1.54) is 36.4 Å². The van der Waals surface area contributed by atoms with Crippen LogP contribution in [0.15, 0.2) is 42.5 Å². The van der Waals surface area contributed by atoms with Crippen molar-refractivity contribution in [2.75, 3.05) is 5.32 Å². The van der Waals surface area contributed by atoms with Gasteiger partial charge in [0.25, 0.3) is 0 Å². The average Bonchev–Trinajstić information content (AvgIpc) is 2.51. The average molecular weight is 328 g/mol. The fourth-order valence-electron chi connectivity index (χ4n) is 2.62. The standard InChI is InChI=1S/C18H14F2N2O2/c1-10-14(9-17(23)24)18(22-13-4-2-3-11(19)7-13)15-8-12(20)5-6-16(15)21-10/h2-8H,9H2,1H3,(H,21,22)(H,23,24). The number of aryl methyl sites for hydroxylation is 1. The number of benzene rings is 2. The highest BCUT2D eigenvalue weighted by Gasteiger charge is 2.16. The van der Waals surface area contributed by atoms with E-state index in [0.29, 0.717) is 33.5 Å². The molecule has 4 nitrogen and oxygen atoms in total. The number of nitrogens with one attached hydrogen (secondary N) is 1. The van der Waals surface area contributed by atoms with Crippen molar-refractivity contribution in [1.29, 1.82) is 0 Å². The van der Waals surface area contributed by atoms with Crippen molar-refractivity contribution in [3.8, 4) is 0 Å². The third-order valence-corrected chi connectivity index (χ3v) is 3.68. The predicted octanol–water partition coefficient (Wildman–Crippen LogP) is 4.19. The largest absolute Gasteiger partial charge is 0.481 e. The summed E-state index contributed by atoms with van der Waals surface area (Å²) >= 11 is 0. The van der Waals surface area contributed by atoms with Crippen LogP contribution in [-0.4, -0.2) is 16.1 Å². The molecule has 2 aromatic carbocycles. The second-order valence-electron chi connectivity index (χ2n) is 5.42. The number of nitrogens with zero attached hydrogens (tertiary/aromatic N) is 1. The van der Waals surface area contributed by atoms with Gasteiger partial charge in [0.2, 0.25) is 0 Å². The quantitative estimate of drug-likeness (QED) is 0.754. The highest BCUT2D eigenvalue weighted by atomic mass is 19.1. The van der Waals surface area contributed by atoms with Crippen LogP contribution in [0.3, 0.4) is 0 Å². The molecule has 24 heavy (non-hydrogen) atoms. The molecule has 0 aliphatic heterocycles. The van der Waals surface area contributed by atoms with E-state index < -0.39 is 17.6 Å². The summed E-state index contributed by atoms with van der Waals surface area (Å²) in [7, 11) is 0. The zero-order chi connectivity index (χ0) is 17.3. The lowest BCUT2D eigenvalue weighted by molar-refractivity contribution is -0.136. The van der Waals surface area contributed by atoms with E-state index in [1.807, 2.05) is 0 Å². The van der Waals surface area contributed by atoms with Crippen molar-refractivity contribution in [3.63, 3.8) is 0 Å². The molecule has 3 rings (SSSR count). The number of aromatic nitrogens is 1. The summed E-state index contributed by atoms with van der Waals surface area (Å²) in [4.78, 5) is 15.5. The van der Waals surface area contributed by atoms with E-state index in [-0.39, 0.29) is 6.42 Å². The number of rotatable bonds is 4. The molecule has 0 spiro atoms. The number of carboxylic acid groups (broad SMARTS) is 1. The minimum absolute atomic E-state index is 0.275. The summed E-state index contributed by atoms with van der Waals surface area (Å²) in [5.74, 6) is -1.92. The van der Waals surface area contributed by atoms with E-state index in [4.69, 9.17) is 5.11 Å². The Labute approximate surface area is 136 Å². The van der Waals surface area contributed by atoms with Crippen LogP contribution in [0.2, 0.25) is 0 Å². The number of hydrogen-bond donors (Lipinski definition) is 2. The monoisotopic (exact) mass is 328 g/mol. The van der Waals surface area contributed by atoms with Crippen LogP contribution in [0, 0.1) is 18.6 Å². The maximum Gasteiger partial charge on any atom is 0.307 e. The van der Waals surface area contributed by atoms with Crippen LogP contribution in [-0.2, 0) is 11.2 Å². The van der Waals surface area contributed by atoms with E-state index in [1.54, 1.807) is 13.0 Å². The normalized spacial score (nSPS) is 10.8. The van der Waals surface area contributed by atoms with Crippen LogP contribution >= 0.6 is 0 Å². The van der Waals surface area contributed by atoms with Crippen molar-refractivity contribution >= 4 is 28.2 Å². The molecule has 6 heteroatoms. The summed E-state index contributed by atoms with van der Waals surface area (Å²) in [5, 5.41) is 12.6. The molecule has 1 heterocycles. The van der Waals surface area contributed by atoms with Crippen molar-refractivity contribution in [2.45, 2.75) is 13.3 Å². The Kier molecular flexibility index (Phi) is 4.12. The zero-order valence-corrected chi connectivity index (χ0v) is 12.8. The molecular formula is C18H14F2N2O2. The van der Waals surface area contributed by atoms with Gasteiger partial charge in [0.1, 0.15) is 11.6 Å². The molecule has 3 aromatic rings. The van der Waals surface area contributed by atoms with Gasteiger partial charge in [-0.15, -0.1) is 0 Å². The molecule has 0 bridgehead atoms. The molecule has 0 saturated carbocycles. The van der Waals surface area contributed by atoms with Crippen molar-refractivity contribution in [1.82, 2.24) is 4.98 Å². The fraction of sp³-hybridized carbons (Fsp3) is 0.111. The smallest absolute Gasteiger partial charge is 0.307 e. The van der Waals surface area contributed by atoms with Gasteiger partial charge in [-0.05, 0) is 43.3 Å². The number of anilines is 2. The second-order valence-corrected chi connectivity index (χ2v) is 5.42. The number of halogens is 2. The van der Waals surface area contributed by atoms with E-state index in [0.717, 1.165) is 0 Å². The van der Waals surface area contributed by atoms with Gasteiger partial charge >= 0.3 is 5.97 Å². The SMILES string of the molecule is Cc1nc2ccc(F)cc2c(Nc2cccc(F)c2)c1CC(=O)O. The first kappa shape index (κ1) is 15.9. The molecule has 0 fully saturated rings. The fourth-order valence-corrected chi connectivity index (χ4v) is 2.62. The maximum atomic E-state index is 13.7. The number of hydrogen-bond acceptors (Lipinski definition) is 3. The van der Waals surface area contributed by atoms with E-state index >= 15 is 0 Å². The number of fused-ring (bicyclic) bond motifs is 1. The Bertz CT molecular complexity index is 942. The van der Waals surface area contributed by atoms with Gasteiger partial charge in [0, 0.05) is 22.3 Å². The molecule has 0 aliphatic rings. The highest BCUT2D eigenvalue weighted by Crippen LogP contribution is 2.32. The molecule has 0 aliphatic carbocycles. The molecule has 1 aromatic heterocycles. The summed E-state index contributed by atoms with van der Waals surface area (Å²) in [6.45, 7) is 1.69. The first-order valence-electron chi connectivity index (χ1n) is 7.27. The number of carboxylic acids is 1. The summed E-state index contributed by atoms with van der Waals surface area (Å²) in [6, 6.07) is 9.87. The minimum Gasteiger partial charge on any atom is -0.481 e. The number of pyridine rings is 1. The van der Waals surface area contributed by atoms with Crippen LogP contribution in [0.1, 0.15) is 11.3 Å². The van der Waals surface area contributed by atoms with Gasteiger partial charge in [-0.1, -0.05) is 6.07 Å². The number of aliphatic carboxylic acids is 1. The maximum absolute atomic E-state index is 13.7. The van der Waals surface area contributed by atoms with Crippen LogP contribution in [0.25, 0.3) is 10.9 Å². The van der Waals surface area contributed by atoms with Crippen molar-refractivity contribution < 1.29 is 18.7 Å². The Hall–Kier alpha value is -3.02. The molecule has 2 N–H and O–H groups in total. The van der Waals surface area contributed by atoms with Gasteiger partial charge in [-0.3, -0.25) is 9.78 Å². The minimum atomic E-state index is -1.03. The third-order valence-electron chi connectivity index (χ3n) is 3.68. The highest BCUT2D eigenvalue weighted by molar-refractivity contribution is 5.96. The van der Waals surface area contributed by atoms with Crippen molar-refractivity contribution in [3.05, 3.63) is 65.4 Å². The molecule has 0 saturated heterocycles. The molecule has 0 radical (unpaired) electrons. The van der Waals surface area contributed by atoms with E-state index in [2.05, 4.69) is 10.3 Å². The summed E-state index contributed by atoms with van der Waals surface area (Å²) in [5.41, 5.74) is 2.35. The van der Waals surface area contributed by atoms with Gasteiger partial charge in [-0.2, -0.15) is 0 Å². The Balaban J connectivity index is 2.23. The molecular weight excluding hydrogens is 314 g/mol. The number of carbonyl (C=O) groups is 1. The Morgan fingerprint density at radius 1 is 1.17 bits per heavy atom. The Morgan fingerprint density at radius 2 is 1.92 bits per heavy atom. The Morgan fingerprint density at radius 3 is 2.62 bits per heavy atom. The summed E-state index contributed by atoms with van der Waals surface area (Å²) in [6.07, 6.45) is -0.275. The topological polar surface area (TPSA) is 62.2 Å². The molecule has 0 unspecified atom stereocenters. The lowest BCUT2D eigenvalue weighted by atomic mass is 10.0. The first-order chi connectivity index (χ1) is 11.4. The van der Waals surface area contributed by atoms with Crippen LogP contribution < -0.4 is 5.32 Å². The lowest BCUT2D eigenvalue weighted by Gasteiger charge is -2.16. The molecule has 122 valence electrons. The zero-order valence-electron chi connectivity index (χ0n) is 12.8. The van der Waals surface area contributed by atoms with Crippen LogP contribution in [0.5, 0.6) is 0 Å². The lowest BCUT2D eigenvalue weighted by Crippen LogP contribution is -2.08. The first-order valence-corrected chi connectivity index (χ1v) is 7.27. The van der Waals surface area contributed by atoms with Gasteiger partial charge in [-0.25, -0.2) is 8.78 Å². The van der Waals surface area contributed by atoms with Crippen LogP contribution in [0.4, 0.5) is 20.2 Å². The second kappa shape index (κ2) is 6.23. The van der Waals surface area contributed by atoms with Gasteiger partial charge in [0.15, 0.2) is 0 Å². The molecule has 0 atom stereocenters.